The van der Waals surface area contributed by atoms with Gasteiger partial charge in [-0.25, -0.2) is 9.97 Å². The van der Waals surface area contributed by atoms with E-state index < -0.39 is 0 Å². The molecule has 0 unspecified atom stereocenters. The highest BCUT2D eigenvalue weighted by Crippen LogP contribution is 2.18. The van der Waals surface area contributed by atoms with Crippen molar-refractivity contribution in [2.45, 2.75) is 26.4 Å². The topological polar surface area (TPSA) is 42.7 Å². The summed E-state index contributed by atoms with van der Waals surface area (Å²) in [6.07, 6.45) is 2.91. The van der Waals surface area contributed by atoms with Gasteiger partial charge in [0, 0.05) is 18.1 Å². The Labute approximate surface area is 116 Å². The molecule has 0 aliphatic rings. The lowest BCUT2D eigenvalue weighted by Gasteiger charge is -2.08. The molecule has 98 valence electrons. The summed E-state index contributed by atoms with van der Waals surface area (Å²) in [6.45, 7) is 3.89. The minimum atomic E-state index is 0.711. The van der Waals surface area contributed by atoms with Crippen LogP contribution in [0.4, 0.5) is 5.13 Å². The van der Waals surface area contributed by atoms with Gasteiger partial charge < -0.3 is 9.88 Å². The van der Waals surface area contributed by atoms with Crippen LogP contribution in [0, 0.1) is 0 Å². The maximum Gasteiger partial charge on any atom is 0.182 e. The first-order valence-electron chi connectivity index (χ1n) is 6.46. The summed E-state index contributed by atoms with van der Waals surface area (Å²) in [5.74, 6) is 1.07. The molecule has 0 atom stereocenters. The monoisotopic (exact) mass is 272 g/mol. The quantitative estimate of drug-likeness (QED) is 0.773. The van der Waals surface area contributed by atoms with Gasteiger partial charge in [-0.1, -0.05) is 19.1 Å². The van der Waals surface area contributed by atoms with Crippen molar-refractivity contribution in [2.75, 3.05) is 5.32 Å². The molecule has 3 rings (SSSR count). The molecule has 0 amide bonds. The fourth-order valence-electron chi connectivity index (χ4n) is 2.20. The third-order valence-corrected chi connectivity index (χ3v) is 3.74. The third kappa shape index (κ3) is 2.46. The van der Waals surface area contributed by atoms with Crippen molar-refractivity contribution in [1.82, 2.24) is 14.5 Å². The number of fused-ring (bicyclic) bond motifs is 1. The van der Waals surface area contributed by atoms with Gasteiger partial charge in [-0.05, 0) is 18.6 Å². The van der Waals surface area contributed by atoms with Crippen molar-refractivity contribution >= 4 is 27.5 Å². The van der Waals surface area contributed by atoms with Crippen LogP contribution in [-0.2, 0) is 13.1 Å². The molecule has 0 saturated heterocycles. The molecule has 0 bridgehead atoms. The summed E-state index contributed by atoms with van der Waals surface area (Å²) >= 11 is 1.61. The Morgan fingerprint density at radius 2 is 2.21 bits per heavy atom. The van der Waals surface area contributed by atoms with E-state index >= 15 is 0 Å². The van der Waals surface area contributed by atoms with Gasteiger partial charge in [0.2, 0.25) is 0 Å². The van der Waals surface area contributed by atoms with Gasteiger partial charge in [-0.2, -0.15) is 0 Å². The zero-order chi connectivity index (χ0) is 13.1. The predicted molar refractivity (Wildman–Crippen MR) is 79.5 cm³/mol. The predicted octanol–water partition coefficient (Wildman–Crippen LogP) is 3.51. The van der Waals surface area contributed by atoms with Gasteiger partial charge in [-0.3, -0.25) is 0 Å². The Hall–Kier alpha value is -1.88. The number of benzene rings is 1. The highest BCUT2D eigenvalue weighted by atomic mass is 32.1. The van der Waals surface area contributed by atoms with Crippen LogP contribution in [-0.4, -0.2) is 14.5 Å². The Kier molecular flexibility index (Phi) is 3.46. The third-order valence-electron chi connectivity index (χ3n) is 3.01. The lowest BCUT2D eigenvalue weighted by Crippen LogP contribution is -2.08. The van der Waals surface area contributed by atoms with Gasteiger partial charge in [0.05, 0.1) is 17.6 Å². The van der Waals surface area contributed by atoms with Crippen LogP contribution >= 0.6 is 11.3 Å². The van der Waals surface area contributed by atoms with Crippen LogP contribution in [0.1, 0.15) is 19.2 Å². The van der Waals surface area contributed by atoms with E-state index in [2.05, 4.69) is 40.0 Å². The molecule has 0 spiro atoms. The first-order chi connectivity index (χ1) is 9.38. The molecule has 0 radical (unpaired) electrons. The van der Waals surface area contributed by atoms with Crippen LogP contribution < -0.4 is 5.32 Å². The van der Waals surface area contributed by atoms with Crippen molar-refractivity contribution in [3.63, 3.8) is 0 Å². The maximum absolute atomic E-state index is 4.71. The Morgan fingerprint density at radius 3 is 3.00 bits per heavy atom. The zero-order valence-corrected chi connectivity index (χ0v) is 11.7. The molecule has 5 heteroatoms. The zero-order valence-electron chi connectivity index (χ0n) is 10.8. The van der Waals surface area contributed by atoms with E-state index in [0.717, 1.165) is 29.4 Å². The molecule has 0 aliphatic heterocycles. The fraction of sp³-hybridized carbons (Fsp3) is 0.286. The summed E-state index contributed by atoms with van der Waals surface area (Å²) in [7, 11) is 0. The summed E-state index contributed by atoms with van der Waals surface area (Å²) in [6, 6.07) is 8.29. The van der Waals surface area contributed by atoms with Crippen LogP contribution in [0.25, 0.3) is 11.0 Å². The molecule has 0 aliphatic carbocycles. The number of para-hydroxylation sites is 2. The van der Waals surface area contributed by atoms with E-state index in [4.69, 9.17) is 4.98 Å². The molecule has 4 nitrogen and oxygen atoms in total. The molecule has 3 aromatic rings. The number of anilines is 1. The van der Waals surface area contributed by atoms with Gasteiger partial charge in [0.25, 0.3) is 0 Å². The number of nitrogens with one attached hydrogen (secondary N) is 1. The number of aryl methyl sites for hydroxylation is 1. The van der Waals surface area contributed by atoms with Crippen LogP contribution in [0.15, 0.2) is 35.8 Å². The van der Waals surface area contributed by atoms with E-state index in [0.29, 0.717) is 6.54 Å². The second kappa shape index (κ2) is 5.40. The number of hydrogen-bond donors (Lipinski definition) is 1. The number of hydrogen-bond acceptors (Lipinski definition) is 4. The van der Waals surface area contributed by atoms with Crippen molar-refractivity contribution in [3.8, 4) is 0 Å². The largest absolute Gasteiger partial charge is 0.354 e. The number of rotatable bonds is 5. The summed E-state index contributed by atoms with van der Waals surface area (Å²) in [5.41, 5.74) is 2.27. The van der Waals surface area contributed by atoms with Crippen molar-refractivity contribution in [2.24, 2.45) is 0 Å². The number of thiazole rings is 1. The van der Waals surface area contributed by atoms with Gasteiger partial charge in [-0.15, -0.1) is 11.3 Å². The minimum Gasteiger partial charge on any atom is -0.354 e. The standard InChI is InChI=1S/C14H16N4S/c1-2-8-18-12-6-4-3-5-11(12)17-13(18)10-16-14-15-7-9-19-14/h3-7,9H,2,8,10H2,1H3,(H,15,16). The maximum atomic E-state index is 4.71. The second-order valence-corrected chi connectivity index (χ2v) is 5.25. The Morgan fingerprint density at radius 1 is 1.32 bits per heavy atom. The minimum absolute atomic E-state index is 0.711. The van der Waals surface area contributed by atoms with Crippen molar-refractivity contribution < 1.29 is 0 Å². The number of aromatic nitrogens is 3. The lowest BCUT2D eigenvalue weighted by molar-refractivity contribution is 0.661. The normalized spacial score (nSPS) is 11.0. The number of nitrogens with zero attached hydrogens (tertiary/aromatic N) is 3. The van der Waals surface area contributed by atoms with Crippen LogP contribution in [0.5, 0.6) is 0 Å². The Bertz CT molecular complexity index is 657. The van der Waals surface area contributed by atoms with E-state index in [1.54, 1.807) is 11.3 Å². The highest BCUT2D eigenvalue weighted by molar-refractivity contribution is 7.13. The lowest BCUT2D eigenvalue weighted by atomic mass is 10.3. The Balaban J connectivity index is 1.90. The van der Waals surface area contributed by atoms with E-state index in [-0.39, 0.29) is 0 Å². The summed E-state index contributed by atoms with van der Waals surface area (Å²) in [5, 5.41) is 6.23. The van der Waals surface area contributed by atoms with Gasteiger partial charge in [0.15, 0.2) is 5.13 Å². The highest BCUT2D eigenvalue weighted by Gasteiger charge is 2.09. The SMILES string of the molecule is CCCn1c(CNc2nccs2)nc2ccccc21. The van der Waals surface area contributed by atoms with Gasteiger partial charge in [0.1, 0.15) is 5.82 Å². The molecule has 0 fully saturated rings. The second-order valence-electron chi connectivity index (χ2n) is 4.36. The molecule has 19 heavy (non-hydrogen) atoms. The first-order valence-corrected chi connectivity index (χ1v) is 7.34. The summed E-state index contributed by atoms with van der Waals surface area (Å²) < 4.78 is 2.29. The van der Waals surface area contributed by atoms with Crippen LogP contribution in [0.2, 0.25) is 0 Å². The van der Waals surface area contributed by atoms with E-state index in [9.17, 15) is 0 Å². The van der Waals surface area contributed by atoms with Gasteiger partial charge >= 0.3 is 0 Å². The molecule has 0 saturated carbocycles. The summed E-state index contributed by atoms with van der Waals surface area (Å²) in [4.78, 5) is 8.94. The van der Waals surface area contributed by atoms with Crippen molar-refractivity contribution in [3.05, 3.63) is 41.7 Å². The average Bonchev–Trinajstić information content (AvgIpc) is 3.05. The first kappa shape index (κ1) is 12.2. The fourth-order valence-corrected chi connectivity index (χ4v) is 2.73. The molecule has 2 aromatic heterocycles. The molecule has 1 aromatic carbocycles. The van der Waals surface area contributed by atoms with E-state index in [1.807, 2.05) is 17.6 Å². The molecular weight excluding hydrogens is 256 g/mol. The molecule has 2 heterocycles. The number of imidazole rings is 1. The smallest absolute Gasteiger partial charge is 0.182 e. The van der Waals surface area contributed by atoms with Crippen molar-refractivity contribution in [1.29, 1.82) is 0 Å². The van der Waals surface area contributed by atoms with Crippen LogP contribution in [0.3, 0.4) is 0 Å². The molecule has 1 N–H and O–H groups in total. The molecular formula is C14H16N4S. The average molecular weight is 272 g/mol. The van der Waals surface area contributed by atoms with E-state index in [1.165, 1.54) is 5.52 Å².